The van der Waals surface area contributed by atoms with Crippen LogP contribution in [0.1, 0.15) is 59.2 Å². The van der Waals surface area contributed by atoms with Crippen LogP contribution in [0.3, 0.4) is 0 Å². The van der Waals surface area contributed by atoms with Crippen molar-refractivity contribution in [1.82, 2.24) is 24.1 Å². The van der Waals surface area contributed by atoms with Crippen molar-refractivity contribution in [2.24, 2.45) is 5.92 Å². The standard InChI is InChI=1S/C28H32ClN5O4/c1-27(2,3)38-26(35)34-17(14-19-20(34)7-6-11-30-19)9-8-16-13-21(23-22(16)36-28(4,5)37-23)33-12-10-18-24(29)31-15-32-25(18)33/h6-7,10-12,14-16,21-23H,8-9,13H2,1-5H3/t16-,21+,22+,23-/m0/s1. The zero-order chi connectivity index (χ0) is 26.8. The summed E-state index contributed by atoms with van der Waals surface area (Å²) < 4.78 is 22.4. The predicted molar refractivity (Wildman–Crippen MR) is 143 cm³/mol. The highest BCUT2D eigenvalue weighted by Gasteiger charge is 2.54. The number of fused-ring (bicyclic) bond motifs is 3. The minimum absolute atomic E-state index is 0.0358. The number of pyridine rings is 1. The first-order chi connectivity index (χ1) is 18.0. The van der Waals surface area contributed by atoms with Gasteiger partial charge < -0.3 is 18.8 Å². The van der Waals surface area contributed by atoms with Crippen molar-refractivity contribution in [3.63, 3.8) is 0 Å². The van der Waals surface area contributed by atoms with Crippen molar-refractivity contribution >= 4 is 39.8 Å². The Morgan fingerprint density at radius 3 is 2.76 bits per heavy atom. The normalized spacial score (nSPS) is 24.8. The number of ether oxygens (including phenoxy) is 3. The van der Waals surface area contributed by atoms with Crippen LogP contribution in [0.4, 0.5) is 4.79 Å². The molecule has 1 saturated carbocycles. The lowest BCUT2D eigenvalue weighted by molar-refractivity contribution is -0.160. The zero-order valence-electron chi connectivity index (χ0n) is 22.2. The van der Waals surface area contributed by atoms with Crippen LogP contribution in [-0.4, -0.2) is 53.8 Å². The van der Waals surface area contributed by atoms with Crippen molar-refractivity contribution in [2.45, 2.75) is 83.5 Å². The Hall–Kier alpha value is -3.01. The molecule has 6 rings (SSSR count). The van der Waals surface area contributed by atoms with Gasteiger partial charge in [-0.3, -0.25) is 4.98 Å². The van der Waals surface area contributed by atoms with Gasteiger partial charge in [-0.1, -0.05) is 11.6 Å². The van der Waals surface area contributed by atoms with Gasteiger partial charge in [-0.2, -0.15) is 0 Å². The van der Waals surface area contributed by atoms with Crippen LogP contribution in [0, 0.1) is 5.92 Å². The zero-order valence-corrected chi connectivity index (χ0v) is 23.0. The van der Waals surface area contributed by atoms with Crippen molar-refractivity contribution in [3.8, 4) is 0 Å². The van der Waals surface area contributed by atoms with Gasteiger partial charge in [-0.25, -0.2) is 19.3 Å². The molecule has 4 aromatic heterocycles. The molecule has 4 atom stereocenters. The fraction of sp³-hybridized carbons (Fsp3) is 0.500. The molecule has 1 saturated heterocycles. The highest BCUT2D eigenvalue weighted by atomic mass is 35.5. The van der Waals surface area contributed by atoms with Crippen molar-refractivity contribution in [2.75, 3.05) is 0 Å². The first-order valence-corrected chi connectivity index (χ1v) is 13.4. The molecule has 10 heteroatoms. The van der Waals surface area contributed by atoms with Crippen LogP contribution >= 0.6 is 11.6 Å². The van der Waals surface area contributed by atoms with Gasteiger partial charge in [0.2, 0.25) is 0 Å². The SMILES string of the molecule is CC(C)(C)OC(=O)n1c(CC[C@H]2C[C@@H](n3ccc4c(Cl)ncnc43)[C@@H]3OC(C)(C)O[C@H]23)cc2ncccc21. The molecule has 38 heavy (non-hydrogen) atoms. The van der Waals surface area contributed by atoms with E-state index in [1.54, 1.807) is 10.8 Å². The summed E-state index contributed by atoms with van der Waals surface area (Å²) in [6.07, 6.45) is 6.96. The Balaban J connectivity index is 1.30. The topological polar surface area (TPSA) is 93.3 Å². The maximum absolute atomic E-state index is 13.2. The van der Waals surface area contributed by atoms with E-state index in [4.69, 9.17) is 25.8 Å². The van der Waals surface area contributed by atoms with E-state index in [1.807, 2.05) is 65.1 Å². The van der Waals surface area contributed by atoms with Gasteiger partial charge in [-0.15, -0.1) is 0 Å². The third-order valence-electron chi connectivity index (χ3n) is 7.36. The van der Waals surface area contributed by atoms with Crippen LogP contribution in [0.5, 0.6) is 0 Å². The van der Waals surface area contributed by atoms with Crippen LogP contribution < -0.4 is 0 Å². The molecule has 1 aliphatic heterocycles. The van der Waals surface area contributed by atoms with Crippen LogP contribution in [-0.2, 0) is 20.6 Å². The quantitative estimate of drug-likeness (QED) is 0.298. The minimum Gasteiger partial charge on any atom is -0.443 e. The molecular formula is C28H32ClN5O4. The molecule has 4 aromatic rings. The summed E-state index contributed by atoms with van der Waals surface area (Å²) in [5.74, 6) is -0.475. The molecule has 0 aromatic carbocycles. The fourth-order valence-corrected chi connectivity index (χ4v) is 6.14. The molecule has 9 nitrogen and oxygen atoms in total. The number of carbonyl (C=O) groups excluding carboxylic acids is 1. The summed E-state index contributed by atoms with van der Waals surface area (Å²) in [4.78, 5) is 26.3. The summed E-state index contributed by atoms with van der Waals surface area (Å²) in [6, 6.07) is 7.71. The fourth-order valence-electron chi connectivity index (χ4n) is 5.95. The van der Waals surface area contributed by atoms with E-state index >= 15 is 0 Å². The Morgan fingerprint density at radius 2 is 1.97 bits per heavy atom. The lowest BCUT2D eigenvalue weighted by Crippen LogP contribution is -2.28. The van der Waals surface area contributed by atoms with E-state index in [-0.39, 0.29) is 24.2 Å². The molecule has 0 N–H and O–H groups in total. The van der Waals surface area contributed by atoms with Gasteiger partial charge in [0.25, 0.3) is 0 Å². The van der Waals surface area contributed by atoms with Crippen molar-refractivity contribution in [1.29, 1.82) is 0 Å². The van der Waals surface area contributed by atoms with Gasteiger partial charge >= 0.3 is 6.09 Å². The summed E-state index contributed by atoms with van der Waals surface area (Å²) in [5, 5.41) is 1.26. The molecule has 200 valence electrons. The largest absolute Gasteiger partial charge is 0.443 e. The first kappa shape index (κ1) is 25.3. The van der Waals surface area contributed by atoms with Gasteiger partial charge in [0, 0.05) is 18.1 Å². The molecule has 1 aliphatic carbocycles. The second-order valence-electron chi connectivity index (χ2n) is 11.7. The molecule has 0 spiro atoms. The van der Waals surface area contributed by atoms with Gasteiger partial charge in [0.15, 0.2) is 5.79 Å². The number of halogens is 1. The Bertz CT molecular complexity index is 1520. The number of carbonyl (C=O) groups is 1. The highest BCUT2D eigenvalue weighted by Crippen LogP contribution is 2.49. The summed E-state index contributed by atoms with van der Waals surface area (Å²) in [6.45, 7) is 9.53. The lowest BCUT2D eigenvalue weighted by Gasteiger charge is -2.24. The third kappa shape index (κ3) is 4.46. The smallest absolute Gasteiger partial charge is 0.419 e. The summed E-state index contributed by atoms with van der Waals surface area (Å²) in [5.41, 5.74) is 2.57. The van der Waals surface area contributed by atoms with E-state index in [9.17, 15) is 4.79 Å². The molecule has 2 fully saturated rings. The average Bonchev–Trinajstić information content (AvgIpc) is 3.56. The Labute approximate surface area is 226 Å². The minimum atomic E-state index is -0.683. The van der Waals surface area contributed by atoms with Crippen molar-refractivity contribution in [3.05, 3.63) is 53.8 Å². The molecule has 0 amide bonds. The predicted octanol–water partition coefficient (Wildman–Crippen LogP) is 5.93. The van der Waals surface area contributed by atoms with E-state index in [2.05, 4.69) is 19.5 Å². The molecule has 5 heterocycles. The second-order valence-corrected chi connectivity index (χ2v) is 12.0. The number of aromatic nitrogens is 5. The second kappa shape index (κ2) is 9.03. The molecule has 0 radical (unpaired) electrons. The van der Waals surface area contributed by atoms with E-state index in [0.717, 1.165) is 40.6 Å². The van der Waals surface area contributed by atoms with E-state index in [1.165, 1.54) is 6.33 Å². The number of hydrogen-bond donors (Lipinski definition) is 0. The maximum atomic E-state index is 13.2. The van der Waals surface area contributed by atoms with Gasteiger partial charge in [0.1, 0.15) is 28.8 Å². The maximum Gasteiger partial charge on any atom is 0.419 e. The number of hydrogen-bond acceptors (Lipinski definition) is 7. The molecular weight excluding hydrogens is 506 g/mol. The number of aryl methyl sites for hydroxylation is 1. The molecule has 2 aliphatic rings. The number of nitrogens with zero attached hydrogens (tertiary/aromatic N) is 5. The average molecular weight is 538 g/mol. The van der Waals surface area contributed by atoms with Crippen LogP contribution in [0.25, 0.3) is 22.1 Å². The van der Waals surface area contributed by atoms with E-state index in [0.29, 0.717) is 11.6 Å². The Kier molecular flexibility index (Phi) is 6.01. The summed E-state index contributed by atoms with van der Waals surface area (Å²) >= 11 is 6.33. The monoisotopic (exact) mass is 537 g/mol. The first-order valence-electron chi connectivity index (χ1n) is 13.0. The van der Waals surface area contributed by atoms with Gasteiger partial charge in [-0.05, 0) is 84.1 Å². The van der Waals surface area contributed by atoms with Crippen LogP contribution in [0.15, 0.2) is 43.0 Å². The Morgan fingerprint density at radius 1 is 1.18 bits per heavy atom. The van der Waals surface area contributed by atoms with Gasteiger partial charge in [0.05, 0.1) is 28.6 Å². The third-order valence-corrected chi connectivity index (χ3v) is 7.67. The molecule has 0 unspecified atom stereocenters. The highest BCUT2D eigenvalue weighted by molar-refractivity contribution is 6.33. The van der Waals surface area contributed by atoms with Crippen LogP contribution in [0.2, 0.25) is 5.15 Å². The summed E-state index contributed by atoms with van der Waals surface area (Å²) in [7, 11) is 0. The lowest BCUT2D eigenvalue weighted by atomic mass is 9.98. The van der Waals surface area contributed by atoms with E-state index < -0.39 is 17.5 Å². The number of rotatable bonds is 4. The van der Waals surface area contributed by atoms with Crippen molar-refractivity contribution < 1.29 is 19.0 Å². The molecule has 0 bridgehead atoms.